The number of hydrogen-bond acceptors (Lipinski definition) is 3. The van der Waals surface area contributed by atoms with Crippen molar-refractivity contribution >= 4 is 0 Å². The van der Waals surface area contributed by atoms with E-state index in [-0.39, 0.29) is 6.04 Å². The molecule has 0 saturated heterocycles. The summed E-state index contributed by atoms with van der Waals surface area (Å²) in [6.07, 6.45) is 0. The van der Waals surface area contributed by atoms with Crippen molar-refractivity contribution in [2.45, 2.75) is 19.6 Å². The van der Waals surface area contributed by atoms with E-state index >= 15 is 0 Å². The van der Waals surface area contributed by atoms with E-state index < -0.39 is 0 Å². The molecule has 0 heterocycles. The van der Waals surface area contributed by atoms with Crippen molar-refractivity contribution < 1.29 is 9.47 Å². The number of rotatable bonds is 5. The summed E-state index contributed by atoms with van der Waals surface area (Å²) in [4.78, 5) is 0. The van der Waals surface area contributed by atoms with E-state index in [4.69, 9.17) is 15.2 Å². The van der Waals surface area contributed by atoms with E-state index in [2.05, 4.69) is 0 Å². The Hall–Kier alpha value is -1.06. The van der Waals surface area contributed by atoms with Gasteiger partial charge in [-0.05, 0) is 13.0 Å². The molecule has 3 heteroatoms. The fraction of sp³-hybridized carbons (Fsp3) is 0.455. The largest absolute Gasteiger partial charge is 0.496 e. The Morgan fingerprint density at radius 2 is 2.07 bits per heavy atom. The van der Waals surface area contributed by atoms with Gasteiger partial charge < -0.3 is 15.2 Å². The van der Waals surface area contributed by atoms with Gasteiger partial charge in [0.1, 0.15) is 5.75 Å². The summed E-state index contributed by atoms with van der Waals surface area (Å²) in [5.41, 5.74) is 6.62. The number of nitrogens with two attached hydrogens (primary N) is 1. The predicted octanol–water partition coefficient (Wildman–Crippen LogP) is 1.56. The van der Waals surface area contributed by atoms with E-state index in [1.165, 1.54) is 0 Å². The van der Waals surface area contributed by atoms with Crippen molar-refractivity contribution in [1.29, 1.82) is 0 Å². The van der Waals surface area contributed by atoms with Crippen molar-refractivity contribution in [3.8, 4) is 5.75 Å². The molecule has 0 aliphatic heterocycles. The first-order valence-electron chi connectivity index (χ1n) is 4.69. The summed E-state index contributed by atoms with van der Waals surface area (Å²) < 4.78 is 10.6. The van der Waals surface area contributed by atoms with Crippen molar-refractivity contribution in [3.63, 3.8) is 0 Å². The Morgan fingerprint density at radius 1 is 1.36 bits per heavy atom. The van der Waals surface area contributed by atoms with Crippen molar-refractivity contribution in [2.24, 2.45) is 5.73 Å². The normalized spacial score (nSPS) is 12.5. The predicted molar refractivity (Wildman–Crippen MR) is 56.3 cm³/mol. The highest BCUT2D eigenvalue weighted by atomic mass is 16.5. The summed E-state index contributed by atoms with van der Waals surface area (Å²) in [7, 11) is 1.66. The van der Waals surface area contributed by atoms with Gasteiger partial charge in [0, 0.05) is 11.6 Å². The molecule has 1 rings (SSSR count). The molecule has 0 aliphatic carbocycles. The Kier molecular flexibility index (Phi) is 4.43. The van der Waals surface area contributed by atoms with Crippen LogP contribution in [0.25, 0.3) is 0 Å². The van der Waals surface area contributed by atoms with Gasteiger partial charge in [-0.3, -0.25) is 0 Å². The van der Waals surface area contributed by atoms with Gasteiger partial charge in [0.15, 0.2) is 0 Å². The van der Waals surface area contributed by atoms with E-state index in [1.54, 1.807) is 7.11 Å². The van der Waals surface area contributed by atoms with Crippen LogP contribution in [-0.4, -0.2) is 19.8 Å². The second-order valence-corrected chi connectivity index (χ2v) is 3.30. The molecule has 0 aromatic heterocycles. The van der Waals surface area contributed by atoms with Crippen LogP contribution in [0.1, 0.15) is 12.5 Å². The molecule has 14 heavy (non-hydrogen) atoms. The first-order chi connectivity index (χ1) is 6.74. The molecule has 0 aliphatic rings. The third-order valence-corrected chi connectivity index (χ3v) is 1.83. The lowest BCUT2D eigenvalue weighted by atomic mass is 10.2. The molecule has 0 bridgehead atoms. The van der Waals surface area contributed by atoms with Gasteiger partial charge in [-0.2, -0.15) is 0 Å². The highest BCUT2D eigenvalue weighted by Crippen LogP contribution is 2.17. The van der Waals surface area contributed by atoms with Crippen LogP contribution in [0.4, 0.5) is 0 Å². The van der Waals surface area contributed by atoms with E-state index in [9.17, 15) is 0 Å². The maximum Gasteiger partial charge on any atom is 0.124 e. The zero-order valence-corrected chi connectivity index (χ0v) is 8.69. The molecular weight excluding hydrogens is 178 g/mol. The molecule has 1 atom stereocenters. The van der Waals surface area contributed by atoms with Gasteiger partial charge in [-0.1, -0.05) is 18.2 Å². The lowest BCUT2D eigenvalue weighted by molar-refractivity contribution is 0.110. The first kappa shape index (κ1) is 11.0. The van der Waals surface area contributed by atoms with Gasteiger partial charge in [0.2, 0.25) is 0 Å². The molecular formula is C11H17NO2. The van der Waals surface area contributed by atoms with Crippen molar-refractivity contribution in [2.75, 3.05) is 13.7 Å². The second kappa shape index (κ2) is 5.62. The van der Waals surface area contributed by atoms with Crippen LogP contribution in [0.3, 0.4) is 0 Å². The summed E-state index contributed by atoms with van der Waals surface area (Å²) in [5.74, 6) is 0.858. The SMILES string of the molecule is COc1ccccc1COCC(C)N. The minimum Gasteiger partial charge on any atom is -0.496 e. The van der Waals surface area contributed by atoms with Crippen LogP contribution in [-0.2, 0) is 11.3 Å². The van der Waals surface area contributed by atoms with Crippen LogP contribution in [0.15, 0.2) is 24.3 Å². The standard InChI is InChI=1S/C11H17NO2/c1-9(12)7-14-8-10-5-3-4-6-11(10)13-2/h3-6,9H,7-8,12H2,1-2H3. The molecule has 0 amide bonds. The molecule has 78 valence electrons. The third-order valence-electron chi connectivity index (χ3n) is 1.83. The summed E-state index contributed by atoms with van der Waals surface area (Å²) in [6.45, 7) is 3.03. The maximum absolute atomic E-state index is 5.57. The maximum atomic E-state index is 5.57. The van der Waals surface area contributed by atoms with Gasteiger partial charge in [-0.15, -0.1) is 0 Å². The van der Waals surface area contributed by atoms with E-state index in [0.29, 0.717) is 13.2 Å². The average molecular weight is 195 g/mol. The monoisotopic (exact) mass is 195 g/mol. The van der Waals surface area contributed by atoms with E-state index in [0.717, 1.165) is 11.3 Å². The van der Waals surface area contributed by atoms with Gasteiger partial charge >= 0.3 is 0 Å². The van der Waals surface area contributed by atoms with Gasteiger partial charge in [-0.25, -0.2) is 0 Å². The quantitative estimate of drug-likeness (QED) is 0.775. The molecule has 3 nitrogen and oxygen atoms in total. The third kappa shape index (κ3) is 3.36. The summed E-state index contributed by atoms with van der Waals surface area (Å²) >= 11 is 0. The number of methoxy groups -OCH3 is 1. The summed E-state index contributed by atoms with van der Waals surface area (Å²) in [5, 5.41) is 0. The number of benzene rings is 1. The zero-order valence-electron chi connectivity index (χ0n) is 8.69. The van der Waals surface area contributed by atoms with Crippen molar-refractivity contribution in [3.05, 3.63) is 29.8 Å². The average Bonchev–Trinajstić information content (AvgIpc) is 2.18. The van der Waals surface area contributed by atoms with Crippen LogP contribution in [0, 0.1) is 0 Å². The molecule has 0 radical (unpaired) electrons. The second-order valence-electron chi connectivity index (χ2n) is 3.30. The molecule has 1 aromatic rings. The zero-order chi connectivity index (χ0) is 10.4. The topological polar surface area (TPSA) is 44.5 Å². The van der Waals surface area contributed by atoms with Crippen LogP contribution in [0.2, 0.25) is 0 Å². The van der Waals surface area contributed by atoms with Gasteiger partial charge in [0.25, 0.3) is 0 Å². The fourth-order valence-corrected chi connectivity index (χ4v) is 1.18. The highest BCUT2D eigenvalue weighted by Gasteiger charge is 2.01. The Labute approximate surface area is 84.8 Å². The molecule has 0 fully saturated rings. The molecule has 0 saturated carbocycles. The minimum atomic E-state index is 0.0738. The number of ether oxygens (including phenoxy) is 2. The summed E-state index contributed by atoms with van der Waals surface area (Å²) in [6, 6.07) is 7.88. The highest BCUT2D eigenvalue weighted by molar-refractivity contribution is 5.32. The smallest absolute Gasteiger partial charge is 0.124 e. The van der Waals surface area contributed by atoms with Crippen LogP contribution < -0.4 is 10.5 Å². The van der Waals surface area contributed by atoms with Crippen LogP contribution in [0.5, 0.6) is 5.75 Å². The lowest BCUT2D eigenvalue weighted by Gasteiger charge is -2.10. The van der Waals surface area contributed by atoms with Gasteiger partial charge in [0.05, 0.1) is 20.3 Å². The number of para-hydroxylation sites is 1. The Balaban J connectivity index is 2.49. The van der Waals surface area contributed by atoms with E-state index in [1.807, 2.05) is 31.2 Å². The fourth-order valence-electron chi connectivity index (χ4n) is 1.18. The molecule has 2 N–H and O–H groups in total. The van der Waals surface area contributed by atoms with Crippen molar-refractivity contribution in [1.82, 2.24) is 0 Å². The minimum absolute atomic E-state index is 0.0738. The Bertz CT molecular complexity index is 274. The first-order valence-corrected chi connectivity index (χ1v) is 4.69. The molecule has 1 unspecified atom stereocenters. The molecule has 1 aromatic carbocycles. The lowest BCUT2D eigenvalue weighted by Crippen LogP contribution is -2.21. The Morgan fingerprint density at radius 3 is 2.71 bits per heavy atom. The van der Waals surface area contributed by atoms with Crippen LogP contribution >= 0.6 is 0 Å². The number of hydrogen-bond donors (Lipinski definition) is 1. The molecule has 0 spiro atoms.